The first-order chi connectivity index (χ1) is 11.8. The van der Waals surface area contributed by atoms with Crippen molar-refractivity contribution in [3.63, 3.8) is 0 Å². The maximum atomic E-state index is 13.4. The van der Waals surface area contributed by atoms with Gasteiger partial charge in [0.25, 0.3) is 0 Å². The molecule has 1 aromatic carbocycles. The molecule has 3 rings (SSSR count). The van der Waals surface area contributed by atoms with Crippen molar-refractivity contribution in [1.82, 2.24) is 9.80 Å². The van der Waals surface area contributed by atoms with Crippen molar-refractivity contribution in [2.45, 2.75) is 19.4 Å². The standard InChI is InChI=1S/C19H28N2O2S/c1-2-20(14-16-8-11-23-15-16)19(22)18(17-6-4-3-5-7-17)21-9-12-24-13-10-21/h3-7,16,18H,2,8-15H2,1H3. The molecule has 0 saturated carbocycles. The Hall–Kier alpha value is -1.04. The molecular formula is C19H28N2O2S. The highest BCUT2D eigenvalue weighted by molar-refractivity contribution is 7.99. The molecular weight excluding hydrogens is 320 g/mol. The number of carbonyl (C=O) groups is 1. The minimum atomic E-state index is -0.144. The zero-order chi connectivity index (χ0) is 16.8. The Bertz CT molecular complexity index is 513. The van der Waals surface area contributed by atoms with Crippen LogP contribution in [-0.2, 0) is 9.53 Å². The monoisotopic (exact) mass is 348 g/mol. The predicted molar refractivity (Wildman–Crippen MR) is 99.3 cm³/mol. The van der Waals surface area contributed by atoms with Crippen LogP contribution in [0.1, 0.15) is 24.9 Å². The largest absolute Gasteiger partial charge is 0.381 e. The third kappa shape index (κ3) is 4.32. The SMILES string of the molecule is CCN(CC1CCOC1)C(=O)C(c1ccccc1)N1CCSCC1. The van der Waals surface area contributed by atoms with Crippen molar-refractivity contribution in [2.24, 2.45) is 5.92 Å². The Morgan fingerprint density at radius 3 is 2.71 bits per heavy atom. The van der Waals surface area contributed by atoms with Gasteiger partial charge in [-0.3, -0.25) is 9.69 Å². The van der Waals surface area contributed by atoms with Crippen LogP contribution in [0.2, 0.25) is 0 Å². The lowest BCUT2D eigenvalue weighted by atomic mass is 10.0. The maximum Gasteiger partial charge on any atom is 0.244 e. The molecule has 132 valence electrons. The summed E-state index contributed by atoms with van der Waals surface area (Å²) >= 11 is 1.98. The molecule has 2 fully saturated rings. The van der Waals surface area contributed by atoms with Crippen LogP contribution in [0.4, 0.5) is 0 Å². The zero-order valence-corrected chi connectivity index (χ0v) is 15.3. The average Bonchev–Trinajstić information content (AvgIpc) is 3.15. The molecule has 0 spiro atoms. The molecule has 0 aliphatic carbocycles. The Kier molecular flexibility index (Phi) is 6.58. The fourth-order valence-corrected chi connectivity index (χ4v) is 4.50. The second-order valence-corrected chi connectivity index (χ2v) is 7.79. The van der Waals surface area contributed by atoms with E-state index in [2.05, 4.69) is 24.0 Å². The van der Waals surface area contributed by atoms with E-state index in [0.29, 0.717) is 5.92 Å². The third-order valence-electron chi connectivity index (χ3n) is 4.96. The molecule has 0 bridgehead atoms. The van der Waals surface area contributed by atoms with Gasteiger partial charge in [-0.1, -0.05) is 30.3 Å². The maximum absolute atomic E-state index is 13.4. The molecule has 24 heavy (non-hydrogen) atoms. The molecule has 2 saturated heterocycles. The van der Waals surface area contributed by atoms with E-state index in [-0.39, 0.29) is 11.9 Å². The van der Waals surface area contributed by atoms with Gasteiger partial charge in [0.2, 0.25) is 5.91 Å². The van der Waals surface area contributed by atoms with Crippen molar-refractivity contribution < 1.29 is 9.53 Å². The van der Waals surface area contributed by atoms with E-state index in [1.807, 2.05) is 34.9 Å². The number of hydrogen-bond acceptors (Lipinski definition) is 4. The summed E-state index contributed by atoms with van der Waals surface area (Å²) in [5, 5.41) is 0. The van der Waals surface area contributed by atoms with Crippen LogP contribution < -0.4 is 0 Å². The number of likely N-dealkylation sites (N-methyl/N-ethyl adjacent to an activating group) is 1. The van der Waals surface area contributed by atoms with E-state index in [9.17, 15) is 4.79 Å². The molecule has 2 aliphatic heterocycles. The van der Waals surface area contributed by atoms with Gasteiger partial charge in [-0.25, -0.2) is 0 Å². The van der Waals surface area contributed by atoms with E-state index < -0.39 is 0 Å². The third-order valence-corrected chi connectivity index (χ3v) is 5.90. The van der Waals surface area contributed by atoms with E-state index >= 15 is 0 Å². The Balaban J connectivity index is 1.78. The lowest BCUT2D eigenvalue weighted by Gasteiger charge is -2.37. The number of nitrogens with zero attached hydrogens (tertiary/aromatic N) is 2. The fourth-order valence-electron chi connectivity index (χ4n) is 3.57. The fraction of sp³-hybridized carbons (Fsp3) is 0.632. The van der Waals surface area contributed by atoms with Crippen molar-refractivity contribution in [2.75, 3.05) is 50.9 Å². The molecule has 0 aromatic heterocycles. The highest BCUT2D eigenvalue weighted by atomic mass is 32.2. The van der Waals surface area contributed by atoms with E-state index in [4.69, 9.17) is 4.74 Å². The van der Waals surface area contributed by atoms with Crippen molar-refractivity contribution >= 4 is 17.7 Å². The van der Waals surface area contributed by atoms with Gasteiger partial charge in [0.1, 0.15) is 6.04 Å². The Labute approximate surface area is 149 Å². The minimum absolute atomic E-state index is 0.144. The second-order valence-electron chi connectivity index (χ2n) is 6.57. The van der Waals surface area contributed by atoms with Crippen molar-refractivity contribution in [3.8, 4) is 0 Å². The summed E-state index contributed by atoms with van der Waals surface area (Å²) in [7, 11) is 0. The van der Waals surface area contributed by atoms with E-state index in [0.717, 1.165) is 62.9 Å². The molecule has 1 aromatic rings. The second kappa shape index (κ2) is 8.88. The molecule has 2 unspecified atom stereocenters. The van der Waals surface area contributed by atoms with E-state index in [1.165, 1.54) is 0 Å². The van der Waals surface area contributed by atoms with Crippen LogP contribution in [0.25, 0.3) is 0 Å². The molecule has 2 atom stereocenters. The van der Waals surface area contributed by atoms with Gasteiger partial charge in [0.15, 0.2) is 0 Å². The number of amides is 1. The smallest absolute Gasteiger partial charge is 0.244 e. The van der Waals surface area contributed by atoms with Gasteiger partial charge >= 0.3 is 0 Å². The lowest BCUT2D eigenvalue weighted by molar-refractivity contribution is -0.137. The van der Waals surface area contributed by atoms with Gasteiger partial charge in [0, 0.05) is 50.2 Å². The Morgan fingerprint density at radius 2 is 2.08 bits per heavy atom. The first-order valence-corrected chi connectivity index (χ1v) is 10.2. The molecule has 1 amide bonds. The number of ether oxygens (including phenoxy) is 1. The van der Waals surface area contributed by atoms with Gasteiger partial charge < -0.3 is 9.64 Å². The molecule has 5 heteroatoms. The van der Waals surface area contributed by atoms with E-state index in [1.54, 1.807) is 0 Å². The number of thioether (sulfide) groups is 1. The summed E-state index contributed by atoms with van der Waals surface area (Å²) < 4.78 is 5.49. The highest BCUT2D eigenvalue weighted by Crippen LogP contribution is 2.27. The van der Waals surface area contributed by atoms with Gasteiger partial charge in [0.05, 0.1) is 6.61 Å². The Morgan fingerprint density at radius 1 is 1.33 bits per heavy atom. The topological polar surface area (TPSA) is 32.8 Å². The number of carbonyl (C=O) groups excluding carboxylic acids is 1. The molecule has 0 radical (unpaired) electrons. The van der Waals surface area contributed by atoms with Crippen LogP contribution in [0, 0.1) is 5.92 Å². The summed E-state index contributed by atoms with van der Waals surface area (Å²) in [6.45, 7) is 7.27. The molecule has 0 N–H and O–H groups in total. The zero-order valence-electron chi connectivity index (χ0n) is 14.5. The summed E-state index contributed by atoms with van der Waals surface area (Å²) in [6.07, 6.45) is 1.07. The summed E-state index contributed by atoms with van der Waals surface area (Å²) in [4.78, 5) is 17.8. The summed E-state index contributed by atoms with van der Waals surface area (Å²) in [5.74, 6) is 2.96. The van der Waals surface area contributed by atoms with Crippen molar-refractivity contribution in [1.29, 1.82) is 0 Å². The molecule has 4 nitrogen and oxygen atoms in total. The summed E-state index contributed by atoms with van der Waals surface area (Å²) in [6, 6.07) is 10.1. The first-order valence-electron chi connectivity index (χ1n) is 9.03. The summed E-state index contributed by atoms with van der Waals surface area (Å²) in [5.41, 5.74) is 1.12. The van der Waals surface area contributed by atoms with Crippen LogP contribution in [0.5, 0.6) is 0 Å². The highest BCUT2D eigenvalue weighted by Gasteiger charge is 2.33. The quantitative estimate of drug-likeness (QED) is 0.791. The average molecular weight is 349 g/mol. The van der Waals surface area contributed by atoms with Crippen LogP contribution in [0.15, 0.2) is 30.3 Å². The van der Waals surface area contributed by atoms with Gasteiger partial charge in [-0.2, -0.15) is 11.8 Å². The number of rotatable bonds is 6. The van der Waals surface area contributed by atoms with Crippen molar-refractivity contribution in [3.05, 3.63) is 35.9 Å². The number of hydrogen-bond donors (Lipinski definition) is 0. The van der Waals surface area contributed by atoms with Crippen LogP contribution in [0.3, 0.4) is 0 Å². The van der Waals surface area contributed by atoms with Crippen LogP contribution in [-0.4, -0.2) is 66.6 Å². The van der Waals surface area contributed by atoms with Gasteiger partial charge in [-0.05, 0) is 18.9 Å². The first kappa shape index (κ1) is 17.8. The molecule has 2 aliphatic rings. The van der Waals surface area contributed by atoms with Crippen LogP contribution >= 0.6 is 11.8 Å². The predicted octanol–water partition coefficient (Wildman–Crippen LogP) is 2.66. The molecule has 2 heterocycles. The van der Waals surface area contributed by atoms with Gasteiger partial charge in [-0.15, -0.1) is 0 Å². The lowest BCUT2D eigenvalue weighted by Crippen LogP contribution is -2.47. The normalized spacial score (nSPS) is 23.1. The number of benzene rings is 1. The minimum Gasteiger partial charge on any atom is -0.381 e.